The third kappa shape index (κ3) is 3.28. The van der Waals surface area contributed by atoms with Crippen LogP contribution in [0.3, 0.4) is 0 Å². The summed E-state index contributed by atoms with van der Waals surface area (Å²) >= 11 is 0. The first kappa shape index (κ1) is 14.1. The molecule has 0 aromatic heterocycles. The Kier molecular flexibility index (Phi) is 5.29. The van der Waals surface area contributed by atoms with Crippen molar-refractivity contribution >= 4 is 0 Å². The molecule has 0 saturated carbocycles. The minimum Gasteiger partial charge on any atom is -0.277 e. The van der Waals surface area contributed by atoms with E-state index in [1.54, 1.807) is 31.2 Å². The third-order valence-corrected chi connectivity index (χ3v) is 2.71. The van der Waals surface area contributed by atoms with Gasteiger partial charge in [-0.1, -0.05) is 24.3 Å². The van der Waals surface area contributed by atoms with Crippen molar-refractivity contribution in [3.63, 3.8) is 0 Å². The van der Waals surface area contributed by atoms with Crippen LogP contribution in [0.25, 0.3) is 0 Å². The number of benzene rings is 1. The topological polar surface area (TPSA) is 27.0 Å². The maximum absolute atomic E-state index is 13.2. The average molecular weight is 244 g/mol. The van der Waals surface area contributed by atoms with Gasteiger partial charge in [0, 0.05) is 13.1 Å². The Morgan fingerprint density at radius 1 is 1.39 bits per heavy atom. The van der Waals surface area contributed by atoms with Crippen LogP contribution in [0.1, 0.15) is 17.2 Å². The molecule has 0 N–H and O–H groups in total. The fraction of sp³-hybridized carbons (Fsp3) is 0.267. The Bertz CT molecular complexity index is 464. The lowest BCUT2D eigenvalue weighted by Gasteiger charge is -2.25. The van der Waals surface area contributed by atoms with Crippen LogP contribution in [0.5, 0.6) is 0 Å². The highest BCUT2D eigenvalue weighted by Gasteiger charge is 2.18. The maximum Gasteiger partial charge on any atom is 0.126 e. The second-order valence-electron chi connectivity index (χ2n) is 4.07. The summed E-state index contributed by atoms with van der Waals surface area (Å²) in [5.74, 6) is -0.255. The van der Waals surface area contributed by atoms with E-state index in [1.807, 2.05) is 4.90 Å². The van der Waals surface area contributed by atoms with Gasteiger partial charge in [-0.25, -0.2) is 4.39 Å². The van der Waals surface area contributed by atoms with Gasteiger partial charge in [-0.05, 0) is 24.1 Å². The molecule has 0 fully saturated rings. The number of halogens is 1. The highest BCUT2D eigenvalue weighted by Crippen LogP contribution is 2.22. The summed E-state index contributed by atoms with van der Waals surface area (Å²) in [4.78, 5) is 1.92. The Balaban J connectivity index is 3.06. The molecule has 0 saturated heterocycles. The largest absolute Gasteiger partial charge is 0.277 e. The molecule has 0 bridgehead atoms. The molecule has 1 rings (SSSR count). The van der Waals surface area contributed by atoms with Crippen molar-refractivity contribution in [1.82, 2.24) is 4.90 Å². The standard InChI is InChI=1S/C15H17FN2/c1-4-8-18(9-5-2)15(11-17)13-6-7-14(16)12(3)10-13/h4-7,10,15H,1-2,8-9H2,3H3. The first-order valence-corrected chi connectivity index (χ1v) is 5.75. The predicted molar refractivity (Wildman–Crippen MR) is 71.5 cm³/mol. The molecule has 1 aromatic carbocycles. The van der Waals surface area contributed by atoms with Gasteiger partial charge in [0.1, 0.15) is 11.9 Å². The van der Waals surface area contributed by atoms with Crippen molar-refractivity contribution in [2.45, 2.75) is 13.0 Å². The van der Waals surface area contributed by atoms with Gasteiger partial charge in [0.05, 0.1) is 6.07 Å². The first-order chi connectivity index (χ1) is 8.63. The van der Waals surface area contributed by atoms with Gasteiger partial charge in [-0.2, -0.15) is 5.26 Å². The molecular weight excluding hydrogens is 227 g/mol. The van der Waals surface area contributed by atoms with Gasteiger partial charge in [0.15, 0.2) is 0 Å². The fourth-order valence-electron chi connectivity index (χ4n) is 1.82. The number of nitriles is 1. The van der Waals surface area contributed by atoms with E-state index in [9.17, 15) is 9.65 Å². The third-order valence-electron chi connectivity index (χ3n) is 2.71. The van der Waals surface area contributed by atoms with Gasteiger partial charge in [0.2, 0.25) is 0 Å². The fourth-order valence-corrected chi connectivity index (χ4v) is 1.82. The second-order valence-corrected chi connectivity index (χ2v) is 4.07. The van der Waals surface area contributed by atoms with Crippen molar-refractivity contribution in [2.75, 3.05) is 13.1 Å². The number of hydrogen-bond donors (Lipinski definition) is 0. The van der Waals surface area contributed by atoms with Gasteiger partial charge < -0.3 is 0 Å². The van der Waals surface area contributed by atoms with Crippen molar-refractivity contribution < 1.29 is 4.39 Å². The van der Waals surface area contributed by atoms with Crippen molar-refractivity contribution in [3.8, 4) is 6.07 Å². The highest BCUT2D eigenvalue weighted by molar-refractivity contribution is 5.30. The first-order valence-electron chi connectivity index (χ1n) is 5.75. The van der Waals surface area contributed by atoms with Gasteiger partial charge in [-0.15, -0.1) is 13.2 Å². The van der Waals surface area contributed by atoms with Crippen LogP contribution in [0, 0.1) is 24.1 Å². The molecule has 1 aromatic rings. The van der Waals surface area contributed by atoms with E-state index in [-0.39, 0.29) is 5.82 Å². The zero-order valence-corrected chi connectivity index (χ0v) is 10.6. The maximum atomic E-state index is 13.2. The molecular formula is C15H17FN2. The highest BCUT2D eigenvalue weighted by atomic mass is 19.1. The summed E-state index contributed by atoms with van der Waals surface area (Å²) in [7, 11) is 0. The summed E-state index contributed by atoms with van der Waals surface area (Å²) in [5, 5.41) is 9.31. The average Bonchev–Trinajstić information content (AvgIpc) is 2.35. The van der Waals surface area contributed by atoms with E-state index in [0.29, 0.717) is 18.7 Å². The van der Waals surface area contributed by atoms with Crippen LogP contribution < -0.4 is 0 Å². The SMILES string of the molecule is C=CCN(CC=C)C(C#N)c1ccc(F)c(C)c1. The molecule has 0 aliphatic carbocycles. The summed E-state index contributed by atoms with van der Waals surface area (Å²) in [6.07, 6.45) is 3.48. The van der Waals surface area contributed by atoms with E-state index < -0.39 is 6.04 Å². The molecule has 3 heteroatoms. The van der Waals surface area contributed by atoms with Gasteiger partial charge in [0.25, 0.3) is 0 Å². The molecule has 0 aliphatic rings. The van der Waals surface area contributed by atoms with E-state index in [4.69, 9.17) is 0 Å². The Labute approximate surface area is 108 Å². The number of rotatable bonds is 6. The molecule has 0 heterocycles. The Morgan fingerprint density at radius 3 is 2.44 bits per heavy atom. The van der Waals surface area contributed by atoms with Crippen LogP contribution in [0.15, 0.2) is 43.5 Å². The van der Waals surface area contributed by atoms with Crippen LogP contribution in [-0.4, -0.2) is 18.0 Å². The van der Waals surface area contributed by atoms with Crippen molar-refractivity contribution in [2.24, 2.45) is 0 Å². The van der Waals surface area contributed by atoms with Crippen LogP contribution >= 0.6 is 0 Å². The zero-order chi connectivity index (χ0) is 13.5. The Hall–Kier alpha value is -1.92. The second kappa shape index (κ2) is 6.73. The van der Waals surface area contributed by atoms with Crippen LogP contribution in [0.2, 0.25) is 0 Å². The van der Waals surface area contributed by atoms with Crippen molar-refractivity contribution in [3.05, 3.63) is 60.5 Å². The summed E-state index contributed by atoms with van der Waals surface area (Å²) in [5.41, 5.74) is 1.34. The van der Waals surface area contributed by atoms with Crippen LogP contribution in [-0.2, 0) is 0 Å². The van der Waals surface area contributed by atoms with E-state index in [1.165, 1.54) is 6.07 Å². The minimum atomic E-state index is -0.416. The van der Waals surface area contributed by atoms with E-state index in [2.05, 4.69) is 19.2 Å². The molecule has 94 valence electrons. The lowest BCUT2D eigenvalue weighted by atomic mass is 10.0. The molecule has 18 heavy (non-hydrogen) atoms. The quantitative estimate of drug-likeness (QED) is 0.717. The normalized spacial score (nSPS) is 11.9. The van der Waals surface area contributed by atoms with E-state index in [0.717, 1.165) is 5.56 Å². The summed E-state index contributed by atoms with van der Waals surface area (Å²) in [6.45, 7) is 10.2. The number of aryl methyl sites for hydroxylation is 1. The van der Waals surface area contributed by atoms with Crippen LogP contribution in [0.4, 0.5) is 4.39 Å². The Morgan fingerprint density at radius 2 is 2.00 bits per heavy atom. The lowest BCUT2D eigenvalue weighted by Crippen LogP contribution is -2.28. The molecule has 1 unspecified atom stereocenters. The molecule has 2 nitrogen and oxygen atoms in total. The lowest BCUT2D eigenvalue weighted by molar-refractivity contribution is 0.291. The van der Waals surface area contributed by atoms with Crippen molar-refractivity contribution in [1.29, 1.82) is 5.26 Å². The predicted octanol–water partition coefficient (Wildman–Crippen LogP) is 3.37. The van der Waals surface area contributed by atoms with Gasteiger partial charge >= 0.3 is 0 Å². The molecule has 1 atom stereocenters. The van der Waals surface area contributed by atoms with E-state index >= 15 is 0 Å². The molecule has 0 radical (unpaired) electrons. The van der Waals surface area contributed by atoms with Gasteiger partial charge in [-0.3, -0.25) is 4.90 Å². The number of hydrogen-bond acceptors (Lipinski definition) is 2. The summed E-state index contributed by atoms with van der Waals surface area (Å²) < 4.78 is 13.2. The molecule has 0 amide bonds. The minimum absolute atomic E-state index is 0.255. The molecule has 0 spiro atoms. The zero-order valence-electron chi connectivity index (χ0n) is 10.6. The summed E-state index contributed by atoms with van der Waals surface area (Å²) in [6, 6.07) is 6.58. The molecule has 0 aliphatic heterocycles. The smallest absolute Gasteiger partial charge is 0.126 e. The number of nitrogens with zero attached hydrogens (tertiary/aromatic N) is 2. The monoisotopic (exact) mass is 244 g/mol.